The largest absolute Gasteiger partial charge is 0.494 e. The lowest BCUT2D eigenvalue weighted by atomic mass is 9.88. The van der Waals surface area contributed by atoms with Gasteiger partial charge in [0.05, 0.1) is 24.5 Å². The van der Waals surface area contributed by atoms with Gasteiger partial charge in [-0.25, -0.2) is 4.98 Å². The Morgan fingerprint density at radius 3 is 2.49 bits per heavy atom. The molecule has 1 aliphatic rings. The van der Waals surface area contributed by atoms with Gasteiger partial charge < -0.3 is 20.1 Å². The third-order valence-electron chi connectivity index (χ3n) is 7.51. The SMILES string of the molecule is CCOc1cc(CC)ccc1C1CCN(CCCCNC(=O)c2sc(-c3ccc(C(F)(F)F)cc3)nc2CO)CC1. The van der Waals surface area contributed by atoms with Crippen molar-refractivity contribution in [2.45, 2.75) is 64.7 Å². The van der Waals surface area contributed by atoms with Gasteiger partial charge in [0.2, 0.25) is 0 Å². The highest BCUT2D eigenvalue weighted by Crippen LogP contribution is 2.36. The number of nitrogens with zero attached hydrogens (tertiary/aromatic N) is 2. The number of nitrogens with one attached hydrogen (secondary N) is 1. The molecule has 0 saturated carbocycles. The van der Waals surface area contributed by atoms with Gasteiger partial charge in [-0.2, -0.15) is 13.2 Å². The fourth-order valence-electron chi connectivity index (χ4n) is 5.19. The fraction of sp³-hybridized carbons (Fsp3) is 0.484. The number of likely N-dealkylation sites (tertiary alicyclic amines) is 1. The second-order valence-electron chi connectivity index (χ2n) is 10.3. The Morgan fingerprint density at radius 2 is 1.85 bits per heavy atom. The van der Waals surface area contributed by atoms with Crippen LogP contribution in [0.15, 0.2) is 42.5 Å². The smallest absolute Gasteiger partial charge is 0.416 e. The van der Waals surface area contributed by atoms with E-state index >= 15 is 0 Å². The first kappa shape index (κ1) is 31.0. The van der Waals surface area contributed by atoms with Crippen molar-refractivity contribution in [3.63, 3.8) is 0 Å². The molecule has 3 aromatic rings. The lowest BCUT2D eigenvalue weighted by molar-refractivity contribution is -0.137. The van der Waals surface area contributed by atoms with E-state index < -0.39 is 18.3 Å². The second-order valence-corrected chi connectivity index (χ2v) is 11.3. The van der Waals surface area contributed by atoms with Crippen molar-refractivity contribution in [2.24, 2.45) is 0 Å². The van der Waals surface area contributed by atoms with Crippen molar-refractivity contribution in [1.82, 2.24) is 15.2 Å². The summed E-state index contributed by atoms with van der Waals surface area (Å²) in [6.07, 6.45) is 0.534. The van der Waals surface area contributed by atoms with Gasteiger partial charge in [0.25, 0.3) is 5.91 Å². The van der Waals surface area contributed by atoms with Crippen LogP contribution in [0.25, 0.3) is 10.6 Å². The molecule has 4 rings (SSSR count). The molecule has 1 aliphatic heterocycles. The number of benzene rings is 2. The third kappa shape index (κ3) is 8.08. The summed E-state index contributed by atoms with van der Waals surface area (Å²) in [6.45, 7) is 7.95. The van der Waals surface area contributed by atoms with Crippen molar-refractivity contribution < 1.29 is 27.8 Å². The third-order valence-corrected chi connectivity index (χ3v) is 8.66. The van der Waals surface area contributed by atoms with E-state index in [-0.39, 0.29) is 16.5 Å². The summed E-state index contributed by atoms with van der Waals surface area (Å²) in [7, 11) is 0. The molecule has 0 radical (unpaired) electrons. The monoisotopic (exact) mass is 589 g/mol. The van der Waals surface area contributed by atoms with Crippen LogP contribution in [0, 0.1) is 0 Å². The molecule has 0 spiro atoms. The predicted octanol–water partition coefficient (Wildman–Crippen LogP) is 6.67. The van der Waals surface area contributed by atoms with Crippen LogP contribution in [0.1, 0.15) is 77.5 Å². The lowest BCUT2D eigenvalue weighted by Gasteiger charge is -2.33. The zero-order valence-corrected chi connectivity index (χ0v) is 24.4. The molecule has 0 unspecified atom stereocenters. The number of thiazole rings is 1. The molecule has 1 fully saturated rings. The Morgan fingerprint density at radius 1 is 1.12 bits per heavy atom. The van der Waals surface area contributed by atoms with E-state index in [1.54, 1.807) is 0 Å². The lowest BCUT2D eigenvalue weighted by Crippen LogP contribution is -2.34. The summed E-state index contributed by atoms with van der Waals surface area (Å²) in [5.41, 5.74) is 2.55. The molecule has 0 aliphatic carbocycles. The van der Waals surface area contributed by atoms with Crippen LogP contribution in [-0.2, 0) is 19.2 Å². The molecule has 2 heterocycles. The quantitative estimate of drug-likeness (QED) is 0.231. The number of alkyl halides is 3. The van der Waals surface area contributed by atoms with E-state index in [2.05, 4.69) is 40.3 Å². The van der Waals surface area contributed by atoms with Gasteiger partial charge >= 0.3 is 6.18 Å². The van der Waals surface area contributed by atoms with Gasteiger partial charge in [0.15, 0.2) is 0 Å². The van der Waals surface area contributed by atoms with Crippen LogP contribution in [0.5, 0.6) is 5.75 Å². The Bertz CT molecular complexity index is 1290. The molecule has 6 nitrogen and oxygen atoms in total. The number of ether oxygens (including phenoxy) is 1. The Labute approximate surface area is 243 Å². The molecule has 1 amide bonds. The van der Waals surface area contributed by atoms with Crippen molar-refractivity contribution in [1.29, 1.82) is 0 Å². The number of aryl methyl sites for hydroxylation is 1. The van der Waals surface area contributed by atoms with Gasteiger partial charge in [-0.3, -0.25) is 4.79 Å². The van der Waals surface area contributed by atoms with E-state index in [0.717, 1.165) is 81.0 Å². The maximum absolute atomic E-state index is 12.9. The summed E-state index contributed by atoms with van der Waals surface area (Å²) in [5, 5.41) is 13.0. The van der Waals surface area contributed by atoms with Crippen molar-refractivity contribution in [3.05, 3.63) is 69.7 Å². The number of halogens is 3. The molecule has 222 valence electrons. The van der Waals surface area contributed by atoms with Crippen molar-refractivity contribution in [2.75, 3.05) is 32.8 Å². The average Bonchev–Trinajstić information content (AvgIpc) is 3.42. The maximum Gasteiger partial charge on any atom is 0.416 e. The summed E-state index contributed by atoms with van der Waals surface area (Å²) < 4.78 is 44.5. The first-order valence-electron chi connectivity index (χ1n) is 14.3. The van der Waals surface area contributed by atoms with E-state index in [1.807, 2.05) is 6.92 Å². The summed E-state index contributed by atoms with van der Waals surface area (Å²) in [6, 6.07) is 11.3. The topological polar surface area (TPSA) is 74.7 Å². The number of amides is 1. The Balaban J connectivity index is 1.22. The number of hydrogen-bond acceptors (Lipinski definition) is 6. The van der Waals surface area contributed by atoms with Crippen LogP contribution in [0.3, 0.4) is 0 Å². The number of rotatable bonds is 12. The van der Waals surface area contributed by atoms with Crippen LogP contribution >= 0.6 is 11.3 Å². The van der Waals surface area contributed by atoms with Crippen molar-refractivity contribution in [3.8, 4) is 16.3 Å². The van der Waals surface area contributed by atoms with Crippen molar-refractivity contribution >= 4 is 17.2 Å². The van der Waals surface area contributed by atoms with E-state index in [0.29, 0.717) is 29.6 Å². The van der Waals surface area contributed by atoms with Crippen LogP contribution in [0.2, 0.25) is 0 Å². The minimum Gasteiger partial charge on any atom is -0.494 e. The normalized spacial score (nSPS) is 14.8. The highest BCUT2D eigenvalue weighted by molar-refractivity contribution is 7.17. The minimum atomic E-state index is -4.42. The number of aromatic nitrogens is 1. The van der Waals surface area contributed by atoms with Gasteiger partial charge in [-0.1, -0.05) is 31.2 Å². The zero-order valence-electron chi connectivity index (χ0n) is 23.6. The summed E-state index contributed by atoms with van der Waals surface area (Å²) in [4.78, 5) is 19.8. The first-order chi connectivity index (χ1) is 19.7. The fourth-order valence-corrected chi connectivity index (χ4v) is 6.18. The van der Waals surface area contributed by atoms with E-state index in [9.17, 15) is 23.1 Å². The predicted molar refractivity (Wildman–Crippen MR) is 155 cm³/mol. The van der Waals surface area contributed by atoms with E-state index in [1.165, 1.54) is 23.3 Å². The number of hydrogen-bond donors (Lipinski definition) is 2. The molecule has 2 aromatic carbocycles. The second kappa shape index (κ2) is 14.3. The number of carbonyl (C=O) groups excluding carboxylic acids is 1. The molecule has 0 atom stereocenters. The number of unbranched alkanes of at least 4 members (excludes halogenated alkanes) is 1. The van der Waals surface area contributed by atoms with Gasteiger partial charge in [-0.15, -0.1) is 11.3 Å². The van der Waals surface area contributed by atoms with Gasteiger partial charge in [-0.05, 0) is 93.9 Å². The maximum atomic E-state index is 12.9. The molecule has 0 bridgehead atoms. The molecule has 2 N–H and O–H groups in total. The van der Waals surface area contributed by atoms with Crippen LogP contribution in [0.4, 0.5) is 13.2 Å². The Hall–Kier alpha value is -2.95. The molecular weight excluding hydrogens is 551 g/mol. The Kier molecular flexibility index (Phi) is 10.8. The highest BCUT2D eigenvalue weighted by atomic mass is 32.1. The minimum absolute atomic E-state index is 0.224. The standard InChI is InChI=1S/C31H38F3N3O3S/c1-3-21-7-12-25(27(19-21)40-4-2)22-13-17-37(18-14-22)16-6-5-15-35-29(39)28-26(20-38)36-30(41-28)23-8-10-24(11-9-23)31(32,33)34/h7-12,19,22,38H,3-6,13-18,20H2,1-2H3,(H,35,39). The van der Waals surface area contributed by atoms with Crippen LogP contribution < -0.4 is 10.1 Å². The van der Waals surface area contributed by atoms with E-state index in [4.69, 9.17) is 4.74 Å². The number of aliphatic hydroxyl groups is 1. The molecule has 41 heavy (non-hydrogen) atoms. The zero-order chi connectivity index (χ0) is 29.4. The molecule has 10 heteroatoms. The number of aliphatic hydroxyl groups excluding tert-OH is 1. The average molecular weight is 590 g/mol. The number of piperidine rings is 1. The summed E-state index contributed by atoms with van der Waals surface area (Å²) in [5.74, 6) is 1.20. The van der Waals surface area contributed by atoms with Gasteiger partial charge in [0, 0.05) is 12.1 Å². The van der Waals surface area contributed by atoms with Crippen LogP contribution in [-0.4, -0.2) is 53.7 Å². The highest BCUT2D eigenvalue weighted by Gasteiger charge is 2.30. The summed E-state index contributed by atoms with van der Waals surface area (Å²) >= 11 is 1.07. The first-order valence-corrected chi connectivity index (χ1v) is 15.1. The molecule has 1 aromatic heterocycles. The number of carbonyl (C=O) groups is 1. The molecular formula is C31H38F3N3O3S. The molecule has 1 saturated heterocycles. The van der Waals surface area contributed by atoms with Gasteiger partial charge in [0.1, 0.15) is 15.6 Å².